The highest BCUT2D eigenvalue weighted by atomic mass is 19.1. The van der Waals surface area contributed by atoms with Crippen LogP contribution in [0, 0.1) is 5.82 Å². The highest BCUT2D eigenvalue weighted by Crippen LogP contribution is 2.29. The maximum Gasteiger partial charge on any atom is 0.255 e. The van der Waals surface area contributed by atoms with Crippen LogP contribution in [0.2, 0.25) is 0 Å². The van der Waals surface area contributed by atoms with Crippen molar-refractivity contribution in [1.82, 2.24) is 0 Å². The number of carbonyl (C=O) groups is 2. The fourth-order valence-corrected chi connectivity index (χ4v) is 3.14. The Morgan fingerprint density at radius 3 is 2.42 bits per heavy atom. The smallest absolute Gasteiger partial charge is 0.255 e. The van der Waals surface area contributed by atoms with Crippen LogP contribution in [0.5, 0.6) is 0 Å². The molecule has 0 unspecified atom stereocenters. The van der Waals surface area contributed by atoms with Gasteiger partial charge in [-0.3, -0.25) is 9.59 Å². The lowest BCUT2D eigenvalue weighted by Gasteiger charge is -2.30. The molecular formula is C20H22FN3O2. The first-order valence-electron chi connectivity index (χ1n) is 8.77. The Hall–Kier alpha value is -2.89. The van der Waals surface area contributed by atoms with Gasteiger partial charge < -0.3 is 15.5 Å². The topological polar surface area (TPSA) is 61.4 Å². The van der Waals surface area contributed by atoms with E-state index in [4.69, 9.17) is 0 Å². The average molecular weight is 355 g/mol. The maximum absolute atomic E-state index is 13.8. The number of anilines is 3. The number of halogens is 1. The van der Waals surface area contributed by atoms with Crippen LogP contribution < -0.4 is 15.5 Å². The van der Waals surface area contributed by atoms with E-state index in [1.54, 1.807) is 0 Å². The van der Waals surface area contributed by atoms with E-state index in [1.165, 1.54) is 31.5 Å². The molecule has 1 aliphatic rings. The summed E-state index contributed by atoms with van der Waals surface area (Å²) in [6.45, 7) is 3.23. The van der Waals surface area contributed by atoms with E-state index in [0.29, 0.717) is 0 Å². The monoisotopic (exact) mass is 355 g/mol. The second-order valence-electron chi connectivity index (χ2n) is 6.39. The molecule has 0 aromatic heterocycles. The first-order chi connectivity index (χ1) is 12.5. The van der Waals surface area contributed by atoms with Crippen molar-refractivity contribution >= 4 is 28.9 Å². The summed E-state index contributed by atoms with van der Waals surface area (Å²) in [7, 11) is 0. The Morgan fingerprint density at radius 2 is 1.69 bits per heavy atom. The van der Waals surface area contributed by atoms with Crippen molar-refractivity contribution in [3.63, 3.8) is 0 Å². The minimum absolute atomic E-state index is 0.00512. The average Bonchev–Trinajstić information content (AvgIpc) is 2.64. The number of hydrogen-bond donors (Lipinski definition) is 2. The summed E-state index contributed by atoms with van der Waals surface area (Å²) in [5.74, 6) is -1.32. The summed E-state index contributed by atoms with van der Waals surface area (Å²) < 4.78 is 13.8. The number of carbonyl (C=O) groups excluding carboxylic acids is 2. The number of piperidine rings is 1. The summed E-state index contributed by atoms with van der Waals surface area (Å²) in [4.78, 5) is 26.1. The van der Waals surface area contributed by atoms with Gasteiger partial charge in [0.25, 0.3) is 5.91 Å². The van der Waals surface area contributed by atoms with E-state index in [9.17, 15) is 14.0 Å². The van der Waals surface area contributed by atoms with Gasteiger partial charge in [0.2, 0.25) is 5.91 Å². The molecule has 3 rings (SSSR count). The number of para-hydroxylation sites is 2. The van der Waals surface area contributed by atoms with Gasteiger partial charge >= 0.3 is 0 Å². The lowest BCUT2D eigenvalue weighted by Crippen LogP contribution is -2.30. The molecule has 2 aromatic rings. The number of benzene rings is 2. The van der Waals surface area contributed by atoms with E-state index >= 15 is 0 Å². The zero-order chi connectivity index (χ0) is 18.5. The molecule has 1 fully saturated rings. The van der Waals surface area contributed by atoms with Crippen molar-refractivity contribution < 1.29 is 14.0 Å². The van der Waals surface area contributed by atoms with Gasteiger partial charge in [0.05, 0.1) is 17.1 Å². The van der Waals surface area contributed by atoms with Crippen molar-refractivity contribution in [2.75, 3.05) is 28.6 Å². The standard InChI is InChI=1S/C20H22FN3O2/c1-14(25)22-18-13-15(9-10-16(18)21)20(26)23-17-7-3-4-8-19(17)24-11-5-2-6-12-24/h3-4,7-10,13H,2,5-6,11-12H2,1H3,(H,22,25)(H,23,26). The third kappa shape index (κ3) is 4.20. The van der Waals surface area contributed by atoms with Gasteiger partial charge in [-0.15, -0.1) is 0 Å². The lowest BCUT2D eigenvalue weighted by atomic mass is 10.1. The molecule has 0 atom stereocenters. The summed E-state index contributed by atoms with van der Waals surface area (Å²) in [5.41, 5.74) is 1.99. The first kappa shape index (κ1) is 17.9. The molecule has 2 N–H and O–H groups in total. The summed E-state index contributed by atoms with van der Waals surface area (Å²) in [6, 6.07) is 11.6. The quantitative estimate of drug-likeness (QED) is 0.870. The molecule has 0 radical (unpaired) electrons. The highest BCUT2D eigenvalue weighted by Gasteiger charge is 2.17. The third-order valence-corrected chi connectivity index (χ3v) is 4.39. The van der Waals surface area contributed by atoms with Gasteiger partial charge in [-0.1, -0.05) is 12.1 Å². The Balaban J connectivity index is 1.81. The van der Waals surface area contributed by atoms with Gasteiger partial charge in [-0.2, -0.15) is 0 Å². The fraction of sp³-hybridized carbons (Fsp3) is 0.300. The molecular weight excluding hydrogens is 333 g/mol. The predicted octanol–water partition coefficient (Wildman–Crippen LogP) is 4.03. The van der Waals surface area contributed by atoms with Crippen LogP contribution in [0.4, 0.5) is 21.5 Å². The maximum atomic E-state index is 13.8. The summed E-state index contributed by atoms with van der Waals surface area (Å²) in [6.07, 6.45) is 3.51. The third-order valence-electron chi connectivity index (χ3n) is 4.39. The molecule has 0 saturated carbocycles. The van der Waals surface area contributed by atoms with Crippen LogP contribution in [-0.2, 0) is 4.79 Å². The highest BCUT2D eigenvalue weighted by molar-refractivity contribution is 6.06. The molecule has 0 spiro atoms. The lowest BCUT2D eigenvalue weighted by molar-refractivity contribution is -0.114. The van der Waals surface area contributed by atoms with Crippen LogP contribution in [0.25, 0.3) is 0 Å². The Morgan fingerprint density at radius 1 is 0.962 bits per heavy atom. The van der Waals surface area contributed by atoms with Crippen molar-refractivity contribution in [1.29, 1.82) is 0 Å². The van der Waals surface area contributed by atoms with Gasteiger partial charge in [0, 0.05) is 25.6 Å². The van der Waals surface area contributed by atoms with Crippen LogP contribution in [0.3, 0.4) is 0 Å². The molecule has 1 heterocycles. The summed E-state index contributed by atoms with van der Waals surface area (Å²) in [5, 5.41) is 5.30. The van der Waals surface area contributed by atoms with Crippen LogP contribution in [0.1, 0.15) is 36.5 Å². The number of nitrogens with one attached hydrogen (secondary N) is 2. The Bertz CT molecular complexity index is 816. The molecule has 2 aromatic carbocycles. The van der Waals surface area contributed by atoms with Crippen molar-refractivity contribution in [3.8, 4) is 0 Å². The van der Waals surface area contributed by atoms with Crippen molar-refractivity contribution in [2.45, 2.75) is 26.2 Å². The zero-order valence-corrected chi connectivity index (χ0v) is 14.7. The number of rotatable bonds is 4. The molecule has 6 heteroatoms. The molecule has 0 aliphatic carbocycles. The second-order valence-corrected chi connectivity index (χ2v) is 6.39. The normalized spacial score (nSPS) is 14.0. The molecule has 1 saturated heterocycles. The number of nitrogens with zero attached hydrogens (tertiary/aromatic N) is 1. The van der Waals surface area contributed by atoms with Gasteiger partial charge in [0.1, 0.15) is 5.82 Å². The van der Waals surface area contributed by atoms with Crippen molar-refractivity contribution in [3.05, 3.63) is 53.8 Å². The molecule has 1 aliphatic heterocycles. The van der Waals surface area contributed by atoms with Crippen LogP contribution >= 0.6 is 0 Å². The van der Waals surface area contributed by atoms with Crippen LogP contribution in [-0.4, -0.2) is 24.9 Å². The largest absolute Gasteiger partial charge is 0.370 e. The minimum Gasteiger partial charge on any atom is -0.370 e. The van der Waals surface area contributed by atoms with Gasteiger partial charge in [-0.25, -0.2) is 4.39 Å². The van der Waals surface area contributed by atoms with Gasteiger partial charge in [-0.05, 0) is 49.6 Å². The van der Waals surface area contributed by atoms with Crippen LogP contribution in [0.15, 0.2) is 42.5 Å². The fourth-order valence-electron chi connectivity index (χ4n) is 3.14. The molecule has 26 heavy (non-hydrogen) atoms. The SMILES string of the molecule is CC(=O)Nc1cc(C(=O)Nc2ccccc2N2CCCCC2)ccc1F. The summed E-state index contributed by atoms with van der Waals surface area (Å²) >= 11 is 0. The van der Waals surface area contributed by atoms with E-state index in [1.807, 2.05) is 24.3 Å². The molecule has 0 bridgehead atoms. The van der Waals surface area contributed by atoms with E-state index < -0.39 is 11.7 Å². The predicted molar refractivity (Wildman–Crippen MR) is 101 cm³/mol. The minimum atomic E-state index is -0.578. The van der Waals surface area contributed by atoms with E-state index in [0.717, 1.165) is 37.3 Å². The molecule has 5 nitrogen and oxygen atoms in total. The Kier molecular flexibility index (Phi) is 5.51. The van der Waals surface area contributed by atoms with E-state index in [2.05, 4.69) is 15.5 Å². The molecule has 2 amide bonds. The molecule has 136 valence electrons. The van der Waals surface area contributed by atoms with Crippen molar-refractivity contribution in [2.24, 2.45) is 0 Å². The number of amides is 2. The number of hydrogen-bond acceptors (Lipinski definition) is 3. The zero-order valence-electron chi connectivity index (χ0n) is 14.7. The van der Waals surface area contributed by atoms with E-state index in [-0.39, 0.29) is 17.2 Å². The van der Waals surface area contributed by atoms with Gasteiger partial charge in [0.15, 0.2) is 0 Å². The first-order valence-corrected chi connectivity index (χ1v) is 8.77. The second kappa shape index (κ2) is 7.99. The Labute approximate surface area is 152 Å².